The van der Waals surface area contributed by atoms with Crippen LogP contribution in [0.25, 0.3) is 0 Å². The van der Waals surface area contributed by atoms with E-state index in [-0.39, 0.29) is 0 Å². The van der Waals surface area contributed by atoms with Crippen LogP contribution in [0.4, 0.5) is 0 Å². The first kappa shape index (κ1) is 15.5. The van der Waals surface area contributed by atoms with E-state index in [2.05, 4.69) is 25.9 Å². The first-order valence-electron chi connectivity index (χ1n) is 8.91. The van der Waals surface area contributed by atoms with E-state index < -0.39 is 0 Å². The smallest absolute Gasteiger partial charge is 0.213 e. The number of nitrogens with zero attached hydrogens (tertiary/aromatic N) is 4. The lowest BCUT2D eigenvalue weighted by atomic mass is 10.1. The maximum atomic E-state index is 5.94. The Balaban J connectivity index is 1.36. The molecule has 5 heteroatoms. The first-order valence-corrected chi connectivity index (χ1v) is 8.91. The van der Waals surface area contributed by atoms with E-state index in [0.29, 0.717) is 6.10 Å². The van der Waals surface area contributed by atoms with Crippen molar-refractivity contribution in [2.45, 2.75) is 58.2 Å². The van der Waals surface area contributed by atoms with Crippen molar-refractivity contribution in [2.24, 2.45) is 0 Å². The normalized spacial score (nSPS) is 18.5. The van der Waals surface area contributed by atoms with Crippen LogP contribution in [0.3, 0.4) is 0 Å². The quantitative estimate of drug-likeness (QED) is 0.865. The van der Waals surface area contributed by atoms with Crippen molar-refractivity contribution in [1.29, 1.82) is 0 Å². The zero-order valence-corrected chi connectivity index (χ0v) is 14.2. The van der Waals surface area contributed by atoms with Crippen molar-refractivity contribution in [1.82, 2.24) is 19.9 Å². The number of aromatic nitrogens is 3. The Morgan fingerprint density at radius 1 is 1.17 bits per heavy atom. The monoisotopic (exact) mass is 324 g/mol. The van der Waals surface area contributed by atoms with Gasteiger partial charge >= 0.3 is 0 Å². The van der Waals surface area contributed by atoms with Crippen molar-refractivity contribution in [2.75, 3.05) is 6.54 Å². The molecule has 0 saturated heterocycles. The van der Waals surface area contributed by atoms with Crippen molar-refractivity contribution in [3.05, 3.63) is 47.2 Å². The van der Waals surface area contributed by atoms with Crippen LogP contribution in [0, 0.1) is 6.92 Å². The summed E-state index contributed by atoms with van der Waals surface area (Å²) in [5.74, 6) is 1.63. The van der Waals surface area contributed by atoms with E-state index in [0.717, 1.165) is 50.6 Å². The van der Waals surface area contributed by atoms with Gasteiger partial charge in [-0.3, -0.25) is 4.90 Å². The summed E-state index contributed by atoms with van der Waals surface area (Å²) in [6, 6.07) is 4.15. The van der Waals surface area contributed by atoms with Gasteiger partial charge in [-0.05, 0) is 38.2 Å². The molecule has 1 fully saturated rings. The molecule has 0 radical (unpaired) electrons. The van der Waals surface area contributed by atoms with E-state index in [1.54, 1.807) is 0 Å². The molecular weight excluding hydrogens is 300 g/mol. The molecule has 24 heavy (non-hydrogen) atoms. The summed E-state index contributed by atoms with van der Waals surface area (Å²) in [7, 11) is 0. The third-order valence-corrected chi connectivity index (χ3v) is 4.93. The molecule has 0 amide bonds. The van der Waals surface area contributed by atoms with Gasteiger partial charge in [0, 0.05) is 55.8 Å². The van der Waals surface area contributed by atoms with Gasteiger partial charge in [-0.25, -0.2) is 15.0 Å². The summed E-state index contributed by atoms with van der Waals surface area (Å²) in [5, 5.41) is 0. The Bertz CT molecular complexity index is 695. The lowest BCUT2D eigenvalue weighted by Crippen LogP contribution is -2.31. The Kier molecular flexibility index (Phi) is 4.43. The molecule has 1 aliphatic heterocycles. The minimum atomic E-state index is 0.366. The van der Waals surface area contributed by atoms with E-state index in [1.165, 1.54) is 29.7 Å². The standard InChI is InChI=1S/C19H24N4O/c1-14-20-11-16-13-23(9-8-18(16)22-14)12-15-6-7-19(21-10-15)24-17-4-2-3-5-17/h6-7,10-11,17H,2-5,8-9,12-13H2,1H3. The number of fused-ring (bicyclic) bond motifs is 1. The summed E-state index contributed by atoms with van der Waals surface area (Å²) in [4.78, 5) is 15.8. The van der Waals surface area contributed by atoms with Gasteiger partial charge in [0.1, 0.15) is 11.9 Å². The highest BCUT2D eigenvalue weighted by molar-refractivity contribution is 5.22. The maximum Gasteiger partial charge on any atom is 0.213 e. The van der Waals surface area contributed by atoms with Crippen LogP contribution in [0.2, 0.25) is 0 Å². The van der Waals surface area contributed by atoms with Crippen LogP contribution in [0.1, 0.15) is 48.3 Å². The van der Waals surface area contributed by atoms with Crippen LogP contribution in [0.5, 0.6) is 5.88 Å². The molecular formula is C19H24N4O. The molecule has 0 bridgehead atoms. The van der Waals surface area contributed by atoms with Gasteiger partial charge in [-0.1, -0.05) is 6.07 Å². The van der Waals surface area contributed by atoms with Gasteiger partial charge in [-0.15, -0.1) is 0 Å². The van der Waals surface area contributed by atoms with Crippen LogP contribution >= 0.6 is 0 Å². The van der Waals surface area contributed by atoms with Gasteiger partial charge in [0.05, 0.1) is 0 Å². The second-order valence-corrected chi connectivity index (χ2v) is 6.88. The van der Waals surface area contributed by atoms with Crippen LogP contribution in [-0.4, -0.2) is 32.5 Å². The lowest BCUT2D eigenvalue weighted by molar-refractivity contribution is 0.201. The Morgan fingerprint density at radius 3 is 2.83 bits per heavy atom. The molecule has 0 atom stereocenters. The van der Waals surface area contributed by atoms with Crippen molar-refractivity contribution in [3.8, 4) is 5.88 Å². The highest BCUT2D eigenvalue weighted by Gasteiger charge is 2.19. The molecule has 2 aromatic rings. The second kappa shape index (κ2) is 6.85. The van der Waals surface area contributed by atoms with Gasteiger partial charge in [0.15, 0.2) is 0 Å². The third kappa shape index (κ3) is 3.56. The summed E-state index contributed by atoms with van der Waals surface area (Å²) >= 11 is 0. The highest BCUT2D eigenvalue weighted by Crippen LogP contribution is 2.23. The minimum absolute atomic E-state index is 0.366. The Labute approximate surface area is 143 Å². The summed E-state index contributed by atoms with van der Waals surface area (Å²) < 4.78 is 5.94. The van der Waals surface area contributed by atoms with Crippen LogP contribution in [0.15, 0.2) is 24.5 Å². The van der Waals surface area contributed by atoms with Crippen molar-refractivity contribution >= 4 is 0 Å². The zero-order valence-electron chi connectivity index (χ0n) is 14.2. The highest BCUT2D eigenvalue weighted by atomic mass is 16.5. The fourth-order valence-corrected chi connectivity index (χ4v) is 3.62. The minimum Gasteiger partial charge on any atom is -0.474 e. The predicted molar refractivity (Wildman–Crippen MR) is 91.7 cm³/mol. The molecule has 3 heterocycles. The number of aryl methyl sites for hydroxylation is 1. The zero-order chi connectivity index (χ0) is 16.4. The molecule has 2 aromatic heterocycles. The van der Waals surface area contributed by atoms with Gasteiger partial charge in [-0.2, -0.15) is 0 Å². The van der Waals surface area contributed by atoms with Crippen molar-refractivity contribution < 1.29 is 4.74 Å². The number of hydrogen-bond donors (Lipinski definition) is 0. The molecule has 5 nitrogen and oxygen atoms in total. The average Bonchev–Trinajstić information content (AvgIpc) is 3.10. The fourth-order valence-electron chi connectivity index (χ4n) is 3.62. The molecule has 4 rings (SSSR count). The Hall–Kier alpha value is -2.01. The van der Waals surface area contributed by atoms with Crippen LogP contribution in [-0.2, 0) is 19.5 Å². The van der Waals surface area contributed by atoms with E-state index in [9.17, 15) is 0 Å². The molecule has 1 aliphatic carbocycles. The SMILES string of the molecule is Cc1ncc2c(n1)CCN(Cc1ccc(OC3CCCC3)nc1)C2. The third-order valence-electron chi connectivity index (χ3n) is 4.93. The average molecular weight is 324 g/mol. The summed E-state index contributed by atoms with van der Waals surface area (Å²) in [6.07, 6.45) is 10.2. The largest absolute Gasteiger partial charge is 0.474 e. The predicted octanol–water partition coefficient (Wildman–Crippen LogP) is 3.06. The first-order chi connectivity index (χ1) is 11.8. The fraction of sp³-hybridized carbons (Fsp3) is 0.526. The second-order valence-electron chi connectivity index (χ2n) is 6.88. The molecule has 0 spiro atoms. The molecule has 126 valence electrons. The molecule has 0 N–H and O–H groups in total. The molecule has 2 aliphatic rings. The van der Waals surface area contributed by atoms with E-state index in [1.807, 2.05) is 25.4 Å². The van der Waals surface area contributed by atoms with E-state index >= 15 is 0 Å². The van der Waals surface area contributed by atoms with Crippen LogP contribution < -0.4 is 4.74 Å². The number of ether oxygens (including phenoxy) is 1. The molecule has 0 aromatic carbocycles. The number of hydrogen-bond acceptors (Lipinski definition) is 5. The summed E-state index contributed by atoms with van der Waals surface area (Å²) in [5.41, 5.74) is 3.68. The maximum absolute atomic E-state index is 5.94. The lowest BCUT2D eigenvalue weighted by Gasteiger charge is -2.27. The van der Waals surface area contributed by atoms with Gasteiger partial charge < -0.3 is 4.74 Å². The number of rotatable bonds is 4. The topological polar surface area (TPSA) is 51.1 Å². The van der Waals surface area contributed by atoms with Gasteiger partial charge in [0.2, 0.25) is 5.88 Å². The van der Waals surface area contributed by atoms with Crippen molar-refractivity contribution in [3.63, 3.8) is 0 Å². The molecule has 1 saturated carbocycles. The van der Waals surface area contributed by atoms with Gasteiger partial charge in [0.25, 0.3) is 0 Å². The van der Waals surface area contributed by atoms with E-state index in [4.69, 9.17) is 4.74 Å². The molecule has 0 unspecified atom stereocenters. The Morgan fingerprint density at radius 2 is 2.04 bits per heavy atom. The number of pyridine rings is 1. The summed E-state index contributed by atoms with van der Waals surface area (Å²) in [6.45, 7) is 4.80.